The van der Waals surface area contributed by atoms with E-state index < -0.39 is 5.97 Å². The number of hydrogen-bond donors (Lipinski definition) is 2. The molecule has 5 rings (SSSR count). The number of imidazole rings is 2. The standard InChI is InChI=1S/C25H29N3O7.C12H15N3O3/c1-5-35-21-10-7-16(15-22(21)33-3)20(29)9-11-23(30)27-25-26-18-14-17(24(31)34-4)6-8-19(18)28(25)12-13-32-2;1-17-6-5-15-10-4-3-8(11(16)18-2)7-9(10)14-12(15)13/h6-8,10,14-15H,5,9,11-13H2,1-4H3,(H,26,27,30);3-4,7H,5-6H2,1-2H3,(H2,13,14). The second kappa shape index (κ2) is 19.0. The molecular formula is C37H44N6O10. The van der Waals surface area contributed by atoms with E-state index >= 15 is 0 Å². The van der Waals surface area contributed by atoms with E-state index in [-0.39, 0.29) is 30.5 Å². The highest BCUT2D eigenvalue weighted by molar-refractivity contribution is 6.01. The van der Waals surface area contributed by atoms with E-state index in [1.165, 1.54) is 21.3 Å². The van der Waals surface area contributed by atoms with Gasteiger partial charge in [-0.3, -0.25) is 14.9 Å². The lowest BCUT2D eigenvalue weighted by Crippen LogP contribution is -2.18. The fourth-order valence-electron chi connectivity index (χ4n) is 5.36. The number of nitrogen functional groups attached to an aromatic ring is 1. The first-order valence-corrected chi connectivity index (χ1v) is 16.6. The summed E-state index contributed by atoms with van der Waals surface area (Å²) in [4.78, 5) is 57.3. The van der Waals surface area contributed by atoms with E-state index in [4.69, 9.17) is 29.4 Å². The van der Waals surface area contributed by atoms with Crippen molar-refractivity contribution < 1.29 is 47.6 Å². The molecule has 0 aliphatic rings. The Morgan fingerprint density at radius 2 is 1.26 bits per heavy atom. The van der Waals surface area contributed by atoms with Crippen molar-refractivity contribution >= 4 is 57.6 Å². The van der Waals surface area contributed by atoms with Crippen LogP contribution in [0.4, 0.5) is 11.9 Å². The molecular weight excluding hydrogens is 688 g/mol. The van der Waals surface area contributed by atoms with Gasteiger partial charge in [-0.1, -0.05) is 0 Å². The van der Waals surface area contributed by atoms with Gasteiger partial charge in [-0.25, -0.2) is 19.6 Å². The summed E-state index contributed by atoms with van der Waals surface area (Å²) in [5.41, 5.74) is 9.87. The van der Waals surface area contributed by atoms with Crippen LogP contribution >= 0.6 is 0 Å². The second-order valence-corrected chi connectivity index (χ2v) is 11.4. The minimum absolute atomic E-state index is 0.00770. The van der Waals surface area contributed by atoms with Crippen molar-refractivity contribution in [1.29, 1.82) is 0 Å². The number of ketones is 1. The average molecular weight is 733 g/mol. The predicted octanol–water partition coefficient (Wildman–Crippen LogP) is 4.53. The smallest absolute Gasteiger partial charge is 0.337 e. The van der Waals surface area contributed by atoms with Gasteiger partial charge in [0.2, 0.25) is 17.8 Å². The molecule has 0 saturated carbocycles. The lowest BCUT2D eigenvalue weighted by molar-refractivity contribution is -0.116. The van der Waals surface area contributed by atoms with Crippen LogP contribution in [-0.2, 0) is 36.8 Å². The summed E-state index contributed by atoms with van der Waals surface area (Å²) >= 11 is 0. The Balaban J connectivity index is 0.000000291. The highest BCUT2D eigenvalue weighted by Gasteiger charge is 2.18. The van der Waals surface area contributed by atoms with E-state index in [0.717, 1.165) is 11.0 Å². The van der Waals surface area contributed by atoms with Crippen molar-refractivity contribution in [1.82, 2.24) is 19.1 Å². The highest BCUT2D eigenvalue weighted by atomic mass is 16.5. The largest absolute Gasteiger partial charge is 0.493 e. The first-order chi connectivity index (χ1) is 25.6. The number of esters is 2. The number of fused-ring (bicyclic) bond motifs is 2. The molecule has 0 aliphatic heterocycles. The molecule has 5 aromatic rings. The van der Waals surface area contributed by atoms with Gasteiger partial charge in [0.15, 0.2) is 17.3 Å². The molecule has 1 amide bonds. The maximum atomic E-state index is 12.7. The van der Waals surface area contributed by atoms with Crippen LogP contribution in [0.3, 0.4) is 0 Å². The van der Waals surface area contributed by atoms with Crippen molar-refractivity contribution in [2.45, 2.75) is 32.9 Å². The molecule has 2 heterocycles. The van der Waals surface area contributed by atoms with Crippen LogP contribution in [0.15, 0.2) is 54.6 Å². The van der Waals surface area contributed by atoms with Gasteiger partial charge in [0.1, 0.15) is 0 Å². The molecule has 16 nitrogen and oxygen atoms in total. The number of anilines is 2. The van der Waals surface area contributed by atoms with E-state index in [2.05, 4.69) is 20.0 Å². The number of amides is 1. The summed E-state index contributed by atoms with van der Waals surface area (Å²) in [6.45, 7) is 4.34. The number of Topliss-reactive ketones (excluding diaryl/α,β-unsaturated/α-hetero) is 1. The number of carbonyl (C=O) groups excluding carboxylic acids is 4. The zero-order valence-corrected chi connectivity index (χ0v) is 30.6. The number of aromatic nitrogens is 4. The summed E-state index contributed by atoms with van der Waals surface area (Å²) in [6, 6.07) is 15.1. The minimum Gasteiger partial charge on any atom is -0.493 e. The van der Waals surface area contributed by atoms with Crippen LogP contribution in [0.25, 0.3) is 22.1 Å². The summed E-state index contributed by atoms with van der Waals surface area (Å²) in [6.07, 6.45) is -0.0248. The van der Waals surface area contributed by atoms with Crippen molar-refractivity contribution in [2.75, 3.05) is 66.4 Å². The Morgan fingerprint density at radius 3 is 1.83 bits per heavy atom. The molecule has 0 bridgehead atoms. The lowest BCUT2D eigenvalue weighted by atomic mass is 10.1. The molecule has 0 saturated heterocycles. The van der Waals surface area contributed by atoms with Crippen LogP contribution in [0.5, 0.6) is 11.5 Å². The Hall–Kier alpha value is -6.00. The van der Waals surface area contributed by atoms with Gasteiger partial charge in [-0.05, 0) is 61.5 Å². The van der Waals surface area contributed by atoms with Crippen molar-refractivity contribution in [2.24, 2.45) is 0 Å². The Morgan fingerprint density at radius 1 is 0.698 bits per heavy atom. The normalized spacial score (nSPS) is 10.8. The molecule has 3 aromatic carbocycles. The molecule has 0 radical (unpaired) electrons. The number of benzene rings is 3. The Bertz CT molecular complexity index is 2070. The lowest BCUT2D eigenvalue weighted by Gasteiger charge is -2.11. The number of methoxy groups -OCH3 is 5. The number of nitrogens with one attached hydrogen (secondary N) is 1. The third-order valence-electron chi connectivity index (χ3n) is 8.02. The van der Waals surface area contributed by atoms with E-state index in [1.807, 2.05) is 11.5 Å². The Kier molecular flexibility index (Phi) is 14.3. The van der Waals surface area contributed by atoms with Gasteiger partial charge in [0, 0.05) is 45.7 Å². The third kappa shape index (κ3) is 9.87. The van der Waals surface area contributed by atoms with Gasteiger partial charge in [-0.2, -0.15) is 0 Å². The fraction of sp³-hybridized carbons (Fsp3) is 0.351. The first kappa shape index (κ1) is 39.8. The number of ether oxygens (including phenoxy) is 6. The number of nitrogens with zero attached hydrogens (tertiary/aromatic N) is 4. The summed E-state index contributed by atoms with van der Waals surface area (Å²) in [5.74, 6) is 0.295. The maximum Gasteiger partial charge on any atom is 0.337 e. The van der Waals surface area contributed by atoms with Crippen molar-refractivity contribution in [3.8, 4) is 11.5 Å². The predicted molar refractivity (Wildman–Crippen MR) is 197 cm³/mol. The van der Waals surface area contributed by atoms with Gasteiger partial charge in [-0.15, -0.1) is 0 Å². The van der Waals surface area contributed by atoms with Crippen LogP contribution < -0.4 is 20.5 Å². The van der Waals surface area contributed by atoms with Crippen LogP contribution in [-0.4, -0.2) is 98.1 Å². The first-order valence-electron chi connectivity index (χ1n) is 16.6. The summed E-state index contributed by atoms with van der Waals surface area (Å²) < 4.78 is 34.0. The fourth-order valence-corrected chi connectivity index (χ4v) is 5.36. The average Bonchev–Trinajstić information content (AvgIpc) is 3.68. The summed E-state index contributed by atoms with van der Waals surface area (Å²) in [7, 11) is 7.36. The number of hydrogen-bond acceptors (Lipinski definition) is 13. The van der Waals surface area contributed by atoms with Crippen molar-refractivity contribution in [3.63, 3.8) is 0 Å². The molecule has 2 aromatic heterocycles. The molecule has 53 heavy (non-hydrogen) atoms. The second-order valence-electron chi connectivity index (χ2n) is 11.4. The minimum atomic E-state index is -0.478. The van der Waals surface area contributed by atoms with E-state index in [0.29, 0.717) is 84.0 Å². The zero-order chi connectivity index (χ0) is 38.5. The number of nitrogens with two attached hydrogens (primary N) is 1. The van der Waals surface area contributed by atoms with Crippen molar-refractivity contribution in [3.05, 3.63) is 71.3 Å². The quantitative estimate of drug-likeness (QED) is 0.106. The molecule has 0 aliphatic carbocycles. The molecule has 0 spiro atoms. The topological polar surface area (TPSA) is 197 Å². The van der Waals surface area contributed by atoms with Gasteiger partial charge in [0.05, 0.1) is 74.3 Å². The van der Waals surface area contributed by atoms with E-state index in [9.17, 15) is 19.2 Å². The van der Waals surface area contributed by atoms with Gasteiger partial charge in [0.25, 0.3) is 0 Å². The zero-order valence-electron chi connectivity index (χ0n) is 30.6. The molecule has 0 unspecified atom stereocenters. The number of rotatable bonds is 16. The van der Waals surface area contributed by atoms with Crippen LogP contribution in [0.1, 0.15) is 50.8 Å². The highest BCUT2D eigenvalue weighted by Crippen LogP contribution is 2.29. The molecule has 282 valence electrons. The van der Waals surface area contributed by atoms with Gasteiger partial charge < -0.3 is 43.3 Å². The van der Waals surface area contributed by atoms with Crippen LogP contribution in [0, 0.1) is 0 Å². The molecule has 0 atom stereocenters. The third-order valence-corrected chi connectivity index (χ3v) is 8.02. The maximum absolute atomic E-state index is 12.7. The SMILES string of the molecule is CCOc1ccc(C(=O)CCC(=O)Nc2nc3cc(C(=O)OC)ccc3n2CCOC)cc1OC.COCCn1c(N)nc2cc(C(=O)OC)ccc21. The number of carbonyl (C=O) groups is 4. The molecule has 0 fully saturated rings. The molecule has 16 heteroatoms. The Labute approximate surface area is 306 Å². The van der Waals surface area contributed by atoms with Gasteiger partial charge >= 0.3 is 11.9 Å². The van der Waals surface area contributed by atoms with E-state index in [1.54, 1.807) is 73.4 Å². The summed E-state index contributed by atoms with van der Waals surface area (Å²) in [5, 5.41) is 2.77. The van der Waals surface area contributed by atoms with Crippen LogP contribution in [0.2, 0.25) is 0 Å². The molecule has 3 N–H and O–H groups in total. The monoisotopic (exact) mass is 732 g/mol.